The number of anilines is 3. The van der Waals surface area contributed by atoms with Crippen molar-refractivity contribution in [1.29, 1.82) is 0 Å². The molecule has 0 atom stereocenters. The molecule has 8 heteroatoms. The number of hydrogen-bond acceptors (Lipinski definition) is 4. The predicted octanol–water partition coefficient (Wildman–Crippen LogP) is 6.14. The average Bonchev–Trinajstić information content (AvgIpc) is 3.48. The van der Waals surface area contributed by atoms with E-state index in [0.29, 0.717) is 5.92 Å². The van der Waals surface area contributed by atoms with Crippen LogP contribution < -0.4 is 21.6 Å². The highest BCUT2D eigenvalue weighted by molar-refractivity contribution is 5.90. The van der Waals surface area contributed by atoms with Gasteiger partial charge in [0.15, 0.2) is 0 Å². The summed E-state index contributed by atoms with van der Waals surface area (Å²) in [5, 5.41) is 3.61. The number of nitrogens with one attached hydrogen (secondary N) is 3. The summed E-state index contributed by atoms with van der Waals surface area (Å²) in [4.78, 5) is 34.5. The minimum atomic E-state index is -0.0356. The van der Waals surface area contributed by atoms with Gasteiger partial charge in [-0.15, -0.1) is 0 Å². The largest absolute Gasteiger partial charge is 0.370 e. The van der Waals surface area contributed by atoms with Gasteiger partial charge < -0.3 is 20.2 Å². The molecular formula is C32H36N6O2. The molecule has 2 fully saturated rings. The van der Waals surface area contributed by atoms with E-state index in [2.05, 4.69) is 44.5 Å². The Balaban J connectivity index is 1.22. The Kier molecular flexibility index (Phi) is 6.46. The van der Waals surface area contributed by atoms with Gasteiger partial charge in [0, 0.05) is 31.4 Å². The molecule has 3 aromatic carbocycles. The van der Waals surface area contributed by atoms with Gasteiger partial charge in [-0.3, -0.25) is 9.13 Å². The number of benzene rings is 3. The minimum absolute atomic E-state index is 0.0270. The van der Waals surface area contributed by atoms with E-state index in [1.807, 2.05) is 51.6 Å². The van der Waals surface area contributed by atoms with Crippen LogP contribution in [0.1, 0.15) is 51.0 Å². The zero-order chi connectivity index (χ0) is 27.1. The number of imidazole rings is 2. The summed E-state index contributed by atoms with van der Waals surface area (Å²) in [7, 11) is 0. The Labute approximate surface area is 232 Å². The fraction of sp³-hybridized carbons (Fsp3) is 0.375. The zero-order valence-corrected chi connectivity index (χ0v) is 22.7. The highest BCUT2D eigenvalue weighted by Crippen LogP contribution is 2.37. The van der Waals surface area contributed by atoms with Gasteiger partial charge >= 0.3 is 11.4 Å². The second kappa shape index (κ2) is 10.4. The lowest BCUT2D eigenvalue weighted by Gasteiger charge is -2.35. The van der Waals surface area contributed by atoms with Gasteiger partial charge in [-0.25, -0.2) is 9.59 Å². The van der Waals surface area contributed by atoms with E-state index in [-0.39, 0.29) is 17.4 Å². The van der Waals surface area contributed by atoms with Crippen LogP contribution in [0.4, 0.5) is 17.1 Å². The lowest BCUT2D eigenvalue weighted by atomic mass is 9.89. The van der Waals surface area contributed by atoms with Crippen molar-refractivity contribution in [3.05, 3.63) is 87.7 Å². The van der Waals surface area contributed by atoms with Gasteiger partial charge in [0.25, 0.3) is 0 Å². The second-order valence-corrected chi connectivity index (χ2v) is 11.5. The summed E-state index contributed by atoms with van der Waals surface area (Å²) in [5.74, 6) is 0.557. The summed E-state index contributed by atoms with van der Waals surface area (Å²) in [6.45, 7) is 2.42. The molecule has 0 unspecified atom stereocenters. The Morgan fingerprint density at radius 2 is 1.48 bits per heavy atom. The third-order valence-corrected chi connectivity index (χ3v) is 8.90. The Hall–Kier alpha value is -4.20. The van der Waals surface area contributed by atoms with Crippen LogP contribution in [-0.2, 0) is 6.54 Å². The molecular weight excluding hydrogens is 500 g/mol. The van der Waals surface area contributed by atoms with Crippen molar-refractivity contribution in [3.8, 4) is 0 Å². The van der Waals surface area contributed by atoms with Gasteiger partial charge in [-0.1, -0.05) is 49.6 Å². The Morgan fingerprint density at radius 3 is 2.27 bits per heavy atom. The normalized spacial score (nSPS) is 17.1. The maximum Gasteiger partial charge on any atom is 0.326 e. The van der Waals surface area contributed by atoms with Crippen molar-refractivity contribution in [1.82, 2.24) is 19.1 Å². The van der Waals surface area contributed by atoms with E-state index < -0.39 is 0 Å². The molecule has 2 aliphatic rings. The number of nitrogens with zero attached hydrogens (tertiary/aromatic N) is 3. The molecule has 1 saturated heterocycles. The summed E-state index contributed by atoms with van der Waals surface area (Å²) >= 11 is 0. The van der Waals surface area contributed by atoms with Crippen LogP contribution in [0.3, 0.4) is 0 Å². The molecule has 3 N–H and O–H groups in total. The highest BCUT2D eigenvalue weighted by Gasteiger charge is 2.26. The van der Waals surface area contributed by atoms with Crippen LogP contribution in [0, 0.1) is 5.92 Å². The maximum atomic E-state index is 13.1. The number of aromatic nitrogens is 4. The Morgan fingerprint density at radius 1 is 0.750 bits per heavy atom. The smallest absolute Gasteiger partial charge is 0.326 e. The average molecular weight is 537 g/mol. The summed E-state index contributed by atoms with van der Waals surface area (Å²) in [6, 6.07) is 22.5. The molecule has 1 saturated carbocycles. The Bertz CT molecular complexity index is 1750. The van der Waals surface area contributed by atoms with Crippen LogP contribution in [-0.4, -0.2) is 32.2 Å². The molecule has 0 bridgehead atoms. The van der Waals surface area contributed by atoms with Crippen LogP contribution in [0.2, 0.25) is 0 Å². The molecule has 2 aromatic heterocycles. The van der Waals surface area contributed by atoms with E-state index in [1.54, 1.807) is 0 Å². The summed E-state index contributed by atoms with van der Waals surface area (Å²) in [5.41, 5.74) is 6.71. The van der Waals surface area contributed by atoms with Crippen LogP contribution >= 0.6 is 0 Å². The van der Waals surface area contributed by atoms with Crippen molar-refractivity contribution in [2.45, 2.75) is 57.5 Å². The number of piperidine rings is 1. The lowest BCUT2D eigenvalue weighted by molar-refractivity contribution is 0.319. The first-order valence-corrected chi connectivity index (χ1v) is 14.7. The number of para-hydroxylation sites is 3. The maximum absolute atomic E-state index is 13.1. The first kappa shape index (κ1) is 24.8. The highest BCUT2D eigenvalue weighted by atomic mass is 16.1. The molecule has 0 amide bonds. The summed E-state index contributed by atoms with van der Waals surface area (Å²) in [6.07, 6.45) is 7.94. The van der Waals surface area contributed by atoms with Gasteiger partial charge in [0.05, 0.1) is 33.4 Å². The number of H-pyrrole nitrogens is 2. The zero-order valence-electron chi connectivity index (χ0n) is 22.7. The van der Waals surface area contributed by atoms with Gasteiger partial charge in [0.2, 0.25) is 0 Å². The van der Waals surface area contributed by atoms with E-state index in [1.165, 1.54) is 32.1 Å². The molecule has 206 valence electrons. The first-order chi connectivity index (χ1) is 19.6. The van der Waals surface area contributed by atoms with E-state index in [4.69, 9.17) is 0 Å². The molecule has 8 nitrogen and oxygen atoms in total. The quantitative estimate of drug-likeness (QED) is 0.243. The van der Waals surface area contributed by atoms with Gasteiger partial charge in [-0.05, 0) is 68.0 Å². The molecule has 40 heavy (non-hydrogen) atoms. The van der Waals surface area contributed by atoms with E-state index in [0.717, 1.165) is 71.6 Å². The standard InChI is InChI=1S/C32H36N6O2/c39-31-35-27-19-26(33-23-11-5-2-6-12-23)29(20-30(27)37(31)21-22-9-3-1-4-10-22)36-17-15-24(16-18-36)38-28-14-8-7-13-25(28)34-32(38)40/h2,5-8,11-14,19-20,22,24,33H,1,3-4,9-10,15-18,21H2,(H,34,40)(H,35,39). The predicted molar refractivity (Wildman–Crippen MR) is 162 cm³/mol. The van der Waals surface area contributed by atoms with Crippen molar-refractivity contribution in [2.75, 3.05) is 23.3 Å². The third kappa shape index (κ3) is 4.61. The number of aromatic amines is 2. The molecule has 0 spiro atoms. The van der Waals surface area contributed by atoms with Crippen LogP contribution in [0.15, 0.2) is 76.3 Å². The topological polar surface area (TPSA) is 90.8 Å². The third-order valence-electron chi connectivity index (χ3n) is 8.90. The molecule has 5 aromatic rings. The molecule has 0 radical (unpaired) electrons. The van der Waals surface area contributed by atoms with Crippen molar-refractivity contribution < 1.29 is 0 Å². The second-order valence-electron chi connectivity index (χ2n) is 11.5. The monoisotopic (exact) mass is 536 g/mol. The number of fused-ring (bicyclic) bond motifs is 2. The minimum Gasteiger partial charge on any atom is -0.370 e. The van der Waals surface area contributed by atoms with Crippen LogP contribution in [0.5, 0.6) is 0 Å². The molecule has 7 rings (SSSR count). The fourth-order valence-electron chi connectivity index (χ4n) is 6.84. The van der Waals surface area contributed by atoms with E-state index in [9.17, 15) is 9.59 Å². The number of hydrogen-bond donors (Lipinski definition) is 3. The van der Waals surface area contributed by atoms with Crippen molar-refractivity contribution >= 4 is 39.1 Å². The fourth-order valence-corrected chi connectivity index (χ4v) is 6.84. The van der Waals surface area contributed by atoms with Crippen molar-refractivity contribution in [3.63, 3.8) is 0 Å². The molecule has 3 heterocycles. The lowest BCUT2D eigenvalue weighted by Crippen LogP contribution is -2.37. The number of rotatable bonds is 6. The van der Waals surface area contributed by atoms with Gasteiger partial charge in [-0.2, -0.15) is 0 Å². The summed E-state index contributed by atoms with van der Waals surface area (Å²) < 4.78 is 3.90. The van der Waals surface area contributed by atoms with Crippen LogP contribution in [0.25, 0.3) is 22.1 Å². The SMILES string of the molecule is O=c1[nH]c2cc(Nc3ccccc3)c(N3CCC(n4c(=O)[nH]c5ccccc54)CC3)cc2n1CC1CCCCC1. The van der Waals surface area contributed by atoms with E-state index >= 15 is 0 Å². The van der Waals surface area contributed by atoms with Gasteiger partial charge in [0.1, 0.15) is 0 Å². The molecule has 1 aliphatic heterocycles. The molecule has 1 aliphatic carbocycles. The first-order valence-electron chi connectivity index (χ1n) is 14.7. The van der Waals surface area contributed by atoms with Crippen molar-refractivity contribution in [2.24, 2.45) is 5.92 Å².